The van der Waals surface area contributed by atoms with Crippen molar-refractivity contribution in [1.82, 2.24) is 5.32 Å². The molecule has 8 heteroatoms. The number of ether oxygens (including phenoxy) is 1. The van der Waals surface area contributed by atoms with Crippen molar-refractivity contribution in [2.24, 2.45) is 0 Å². The first-order valence-electron chi connectivity index (χ1n) is 7.10. The van der Waals surface area contributed by atoms with Gasteiger partial charge in [-0.25, -0.2) is 18.0 Å². The Morgan fingerprint density at radius 3 is 2.32 bits per heavy atom. The van der Waals surface area contributed by atoms with Crippen molar-refractivity contribution in [3.8, 4) is 0 Å². The van der Waals surface area contributed by atoms with Crippen LogP contribution >= 0.6 is 15.9 Å². The smallest absolute Gasteiger partial charge is 0.328 e. The molecule has 0 aromatic heterocycles. The lowest BCUT2D eigenvalue weighted by Crippen LogP contribution is -2.43. The first-order valence-corrected chi connectivity index (χ1v) is 7.89. The summed E-state index contributed by atoms with van der Waals surface area (Å²) in [5.41, 5.74) is -0.291. The largest absolute Gasteiger partial charge is 0.467 e. The molecule has 0 bridgehead atoms. The molecule has 2 rings (SSSR count). The molecule has 25 heavy (non-hydrogen) atoms. The van der Waals surface area contributed by atoms with Gasteiger partial charge in [-0.15, -0.1) is 0 Å². The summed E-state index contributed by atoms with van der Waals surface area (Å²) in [6.45, 7) is 0. The van der Waals surface area contributed by atoms with Crippen molar-refractivity contribution in [3.63, 3.8) is 0 Å². The number of carbonyl (C=O) groups excluding carboxylic acids is 2. The minimum atomic E-state index is -1.36. The number of carbonyl (C=O) groups is 2. The Bertz CT molecular complexity index is 790. The third kappa shape index (κ3) is 4.60. The average molecular weight is 416 g/mol. The Kier molecular flexibility index (Phi) is 6.19. The molecule has 0 saturated heterocycles. The van der Waals surface area contributed by atoms with Gasteiger partial charge in [0.15, 0.2) is 0 Å². The summed E-state index contributed by atoms with van der Waals surface area (Å²) in [4.78, 5) is 24.1. The molecule has 1 atom stereocenters. The second-order valence-electron chi connectivity index (χ2n) is 5.09. The minimum absolute atomic E-state index is 0.0320. The van der Waals surface area contributed by atoms with E-state index in [0.29, 0.717) is 22.2 Å². The van der Waals surface area contributed by atoms with Gasteiger partial charge in [-0.1, -0.05) is 34.1 Å². The van der Waals surface area contributed by atoms with Gasteiger partial charge < -0.3 is 10.1 Å². The molecule has 0 heterocycles. The van der Waals surface area contributed by atoms with Crippen LogP contribution in [0.4, 0.5) is 13.2 Å². The number of esters is 1. The van der Waals surface area contributed by atoms with Crippen LogP contribution in [-0.4, -0.2) is 25.0 Å². The fraction of sp³-hybridized carbons (Fsp3) is 0.176. The lowest BCUT2D eigenvalue weighted by Gasteiger charge is -2.18. The zero-order valence-electron chi connectivity index (χ0n) is 13.0. The van der Waals surface area contributed by atoms with Gasteiger partial charge in [0.1, 0.15) is 29.1 Å². The molecular weight excluding hydrogens is 403 g/mol. The van der Waals surface area contributed by atoms with Crippen LogP contribution in [0.15, 0.2) is 40.9 Å². The Hall–Kier alpha value is -2.35. The Balaban J connectivity index is 2.27. The standard InChI is InChI=1S/C17H13BrF3NO3/c1-25-17(24)14(6-9-4-2-3-5-11(9)18)22-16(23)15-12(20)7-10(19)8-13(15)21/h2-5,7-8,14H,6H2,1H3,(H,22,23)/t14-/m0/s1. The van der Waals surface area contributed by atoms with Crippen LogP contribution in [0, 0.1) is 17.5 Å². The molecule has 0 aliphatic heterocycles. The summed E-state index contributed by atoms with van der Waals surface area (Å²) in [7, 11) is 1.13. The predicted molar refractivity (Wildman–Crippen MR) is 87.4 cm³/mol. The monoisotopic (exact) mass is 415 g/mol. The van der Waals surface area contributed by atoms with Gasteiger partial charge in [0.05, 0.1) is 7.11 Å². The molecule has 2 aromatic rings. The molecule has 0 aliphatic carbocycles. The summed E-state index contributed by atoms with van der Waals surface area (Å²) in [6, 6.07) is 6.55. The molecule has 0 radical (unpaired) electrons. The van der Waals surface area contributed by atoms with E-state index in [-0.39, 0.29) is 6.42 Å². The van der Waals surface area contributed by atoms with Crippen molar-refractivity contribution in [3.05, 3.63) is 69.4 Å². The molecule has 4 nitrogen and oxygen atoms in total. The summed E-state index contributed by atoms with van der Waals surface area (Å²) < 4.78 is 45.7. The Morgan fingerprint density at radius 1 is 1.16 bits per heavy atom. The molecule has 0 unspecified atom stereocenters. The lowest BCUT2D eigenvalue weighted by atomic mass is 10.1. The minimum Gasteiger partial charge on any atom is -0.467 e. The fourth-order valence-electron chi connectivity index (χ4n) is 2.21. The molecule has 1 N–H and O–H groups in total. The van der Waals surface area contributed by atoms with E-state index < -0.39 is 40.9 Å². The number of benzene rings is 2. The van der Waals surface area contributed by atoms with Crippen LogP contribution in [-0.2, 0) is 16.0 Å². The lowest BCUT2D eigenvalue weighted by molar-refractivity contribution is -0.142. The van der Waals surface area contributed by atoms with Crippen LogP contribution in [0.25, 0.3) is 0 Å². The average Bonchev–Trinajstić information content (AvgIpc) is 2.54. The molecule has 0 fully saturated rings. The highest BCUT2D eigenvalue weighted by Gasteiger charge is 2.26. The third-order valence-electron chi connectivity index (χ3n) is 3.41. The zero-order chi connectivity index (χ0) is 18.6. The van der Waals surface area contributed by atoms with Gasteiger partial charge in [0.2, 0.25) is 0 Å². The van der Waals surface area contributed by atoms with Gasteiger partial charge in [0.25, 0.3) is 5.91 Å². The summed E-state index contributed by atoms with van der Waals surface area (Å²) in [6.07, 6.45) is 0.0320. The number of hydrogen-bond acceptors (Lipinski definition) is 3. The van der Waals surface area contributed by atoms with E-state index in [4.69, 9.17) is 0 Å². The molecular formula is C17H13BrF3NO3. The van der Waals surface area contributed by atoms with Gasteiger partial charge >= 0.3 is 5.97 Å². The van der Waals surface area contributed by atoms with Gasteiger partial charge in [0, 0.05) is 23.0 Å². The Morgan fingerprint density at radius 2 is 1.76 bits per heavy atom. The van der Waals surface area contributed by atoms with E-state index in [2.05, 4.69) is 26.0 Å². The van der Waals surface area contributed by atoms with Crippen molar-refractivity contribution in [2.45, 2.75) is 12.5 Å². The van der Waals surface area contributed by atoms with E-state index in [9.17, 15) is 22.8 Å². The number of methoxy groups -OCH3 is 1. The van der Waals surface area contributed by atoms with E-state index in [1.54, 1.807) is 24.3 Å². The highest BCUT2D eigenvalue weighted by atomic mass is 79.9. The van der Waals surface area contributed by atoms with E-state index >= 15 is 0 Å². The summed E-state index contributed by atoms with van der Waals surface area (Å²) >= 11 is 3.31. The van der Waals surface area contributed by atoms with Crippen LogP contribution in [0.1, 0.15) is 15.9 Å². The van der Waals surface area contributed by atoms with Crippen molar-refractivity contribution < 1.29 is 27.5 Å². The number of halogens is 4. The third-order valence-corrected chi connectivity index (χ3v) is 4.18. The SMILES string of the molecule is COC(=O)[C@H](Cc1ccccc1Br)NC(=O)c1c(F)cc(F)cc1F. The fourth-order valence-corrected chi connectivity index (χ4v) is 2.66. The number of hydrogen-bond donors (Lipinski definition) is 1. The second kappa shape index (κ2) is 8.15. The maximum Gasteiger partial charge on any atom is 0.328 e. The maximum absolute atomic E-state index is 13.7. The van der Waals surface area contributed by atoms with Crippen LogP contribution in [0.3, 0.4) is 0 Å². The molecule has 1 amide bonds. The van der Waals surface area contributed by atoms with Gasteiger partial charge in [-0.05, 0) is 11.6 Å². The zero-order valence-corrected chi connectivity index (χ0v) is 14.6. The highest BCUT2D eigenvalue weighted by Crippen LogP contribution is 2.19. The maximum atomic E-state index is 13.7. The van der Waals surface area contributed by atoms with Crippen LogP contribution in [0.2, 0.25) is 0 Å². The number of amides is 1. The predicted octanol–water partition coefficient (Wildman–Crippen LogP) is 3.38. The quantitative estimate of drug-likeness (QED) is 0.761. The Labute approximate surface area is 150 Å². The summed E-state index contributed by atoms with van der Waals surface area (Å²) in [5, 5.41) is 2.22. The van der Waals surface area contributed by atoms with Crippen LogP contribution < -0.4 is 5.32 Å². The molecule has 132 valence electrons. The number of rotatable bonds is 5. The van der Waals surface area contributed by atoms with Crippen molar-refractivity contribution in [2.75, 3.05) is 7.11 Å². The molecule has 0 aliphatic rings. The normalized spacial score (nSPS) is 11.7. The summed E-state index contributed by atoms with van der Waals surface area (Å²) in [5.74, 6) is -5.84. The van der Waals surface area contributed by atoms with E-state index in [0.717, 1.165) is 7.11 Å². The topological polar surface area (TPSA) is 55.4 Å². The van der Waals surface area contributed by atoms with Crippen LogP contribution in [0.5, 0.6) is 0 Å². The van der Waals surface area contributed by atoms with E-state index in [1.165, 1.54) is 0 Å². The van der Waals surface area contributed by atoms with Gasteiger partial charge in [-0.2, -0.15) is 0 Å². The first kappa shape index (κ1) is 19.0. The van der Waals surface area contributed by atoms with Crippen molar-refractivity contribution in [1.29, 1.82) is 0 Å². The van der Waals surface area contributed by atoms with Crippen molar-refractivity contribution >= 4 is 27.8 Å². The highest BCUT2D eigenvalue weighted by molar-refractivity contribution is 9.10. The first-order chi connectivity index (χ1) is 11.8. The van der Waals surface area contributed by atoms with E-state index in [1.807, 2.05) is 0 Å². The number of nitrogens with one attached hydrogen (secondary N) is 1. The molecule has 0 saturated carbocycles. The molecule has 0 spiro atoms. The second-order valence-corrected chi connectivity index (χ2v) is 5.94. The van der Waals surface area contributed by atoms with Gasteiger partial charge in [-0.3, -0.25) is 4.79 Å². The molecule has 2 aromatic carbocycles.